The van der Waals surface area contributed by atoms with Gasteiger partial charge in [0.25, 0.3) is 0 Å². The van der Waals surface area contributed by atoms with Gasteiger partial charge in [0.15, 0.2) is 5.78 Å². The van der Waals surface area contributed by atoms with E-state index in [1.807, 2.05) is 20.8 Å². The Labute approximate surface area is 136 Å². The third-order valence-electron chi connectivity index (χ3n) is 3.27. The van der Waals surface area contributed by atoms with Crippen molar-refractivity contribution < 1.29 is 29.0 Å². The average Bonchev–Trinajstić information content (AvgIpc) is 2.34. The maximum absolute atomic E-state index is 11.8. The summed E-state index contributed by atoms with van der Waals surface area (Å²) in [6.45, 7) is 7.09. The Bertz CT molecular complexity index is 478. The van der Waals surface area contributed by atoms with E-state index >= 15 is 0 Å². The number of Topliss-reactive ketones (excluding diaryl/α,β-unsaturated/α-hetero) is 1. The topological polar surface area (TPSA) is 89.9 Å². The van der Waals surface area contributed by atoms with Crippen molar-refractivity contribution in [2.75, 3.05) is 0 Å². The molecule has 1 aliphatic heterocycles. The Morgan fingerprint density at radius 3 is 2.39 bits per heavy atom. The molecule has 0 unspecified atom stereocenters. The van der Waals surface area contributed by atoms with Gasteiger partial charge in [-0.05, 0) is 40.5 Å². The largest absolute Gasteiger partial charge is 0.511 e. The highest BCUT2D eigenvalue weighted by molar-refractivity contribution is 6.19. The summed E-state index contributed by atoms with van der Waals surface area (Å²) in [5.41, 5.74) is -0.714. The molecule has 1 fully saturated rings. The minimum atomic E-state index is -0.750. The van der Waals surface area contributed by atoms with Crippen LogP contribution < -0.4 is 0 Å². The van der Waals surface area contributed by atoms with Crippen LogP contribution in [0.3, 0.4) is 0 Å². The molecule has 1 N–H and O–H groups in total. The predicted molar refractivity (Wildman–Crippen MR) is 83.8 cm³/mol. The van der Waals surface area contributed by atoms with Crippen molar-refractivity contribution >= 4 is 17.7 Å². The fourth-order valence-electron chi connectivity index (χ4n) is 2.30. The highest BCUT2D eigenvalue weighted by atomic mass is 16.6. The number of ketones is 1. The zero-order valence-electron chi connectivity index (χ0n) is 14.3. The standard InChI is InChI=1S/C17H26O6/c1-11-10-13(19)15(16(21)22-11)12(18)8-6-5-7-9-14(20)23-17(2,3)4/h11,18H,5-10H2,1-4H3/b15-12+/t11-/m1/s1. The molecule has 0 aliphatic carbocycles. The molecule has 1 aliphatic rings. The van der Waals surface area contributed by atoms with Gasteiger partial charge < -0.3 is 14.6 Å². The van der Waals surface area contributed by atoms with Crippen LogP contribution in [-0.2, 0) is 23.9 Å². The fourth-order valence-corrected chi connectivity index (χ4v) is 2.30. The van der Waals surface area contributed by atoms with Crippen LogP contribution in [0.15, 0.2) is 11.3 Å². The number of rotatable bonds is 6. The molecule has 1 saturated heterocycles. The first kappa shape index (κ1) is 19.2. The molecule has 6 nitrogen and oxygen atoms in total. The van der Waals surface area contributed by atoms with Crippen molar-refractivity contribution in [2.24, 2.45) is 0 Å². The van der Waals surface area contributed by atoms with Crippen LogP contribution in [-0.4, -0.2) is 34.5 Å². The molecule has 0 bridgehead atoms. The molecule has 1 rings (SSSR count). The lowest BCUT2D eigenvalue weighted by Crippen LogP contribution is -2.31. The molecule has 130 valence electrons. The summed E-state index contributed by atoms with van der Waals surface area (Å²) in [6, 6.07) is 0. The summed E-state index contributed by atoms with van der Waals surface area (Å²) in [4.78, 5) is 35.0. The van der Waals surface area contributed by atoms with Gasteiger partial charge in [0, 0.05) is 19.3 Å². The minimum absolute atomic E-state index is 0.101. The van der Waals surface area contributed by atoms with E-state index in [0.717, 1.165) is 0 Å². The Morgan fingerprint density at radius 2 is 1.83 bits per heavy atom. The van der Waals surface area contributed by atoms with E-state index in [0.29, 0.717) is 25.7 Å². The molecular weight excluding hydrogens is 300 g/mol. The van der Waals surface area contributed by atoms with Crippen LogP contribution in [0.5, 0.6) is 0 Å². The van der Waals surface area contributed by atoms with Gasteiger partial charge in [0.1, 0.15) is 23.0 Å². The monoisotopic (exact) mass is 326 g/mol. The van der Waals surface area contributed by atoms with Gasteiger partial charge in [-0.25, -0.2) is 4.79 Å². The lowest BCUT2D eigenvalue weighted by molar-refractivity contribution is -0.155. The first-order valence-corrected chi connectivity index (χ1v) is 7.98. The molecule has 0 aromatic heterocycles. The zero-order valence-corrected chi connectivity index (χ0v) is 14.3. The number of aliphatic hydroxyl groups is 1. The Morgan fingerprint density at radius 1 is 1.22 bits per heavy atom. The summed E-state index contributed by atoms with van der Waals surface area (Å²) in [6.07, 6.45) is 2.09. The Kier molecular flexibility index (Phi) is 6.79. The number of ether oxygens (including phenoxy) is 2. The van der Waals surface area contributed by atoms with Crippen molar-refractivity contribution in [3.8, 4) is 0 Å². The number of cyclic esters (lactones) is 1. The molecule has 1 atom stereocenters. The molecular formula is C17H26O6. The van der Waals surface area contributed by atoms with Crippen molar-refractivity contribution in [1.82, 2.24) is 0 Å². The molecule has 0 radical (unpaired) electrons. The second-order valence-electron chi connectivity index (χ2n) is 6.81. The van der Waals surface area contributed by atoms with E-state index < -0.39 is 17.7 Å². The van der Waals surface area contributed by atoms with Crippen LogP contribution in [0.1, 0.15) is 66.2 Å². The number of unbranched alkanes of at least 4 members (excludes halogenated alkanes) is 2. The number of hydrogen-bond donors (Lipinski definition) is 1. The van der Waals surface area contributed by atoms with Gasteiger partial charge in [-0.2, -0.15) is 0 Å². The van der Waals surface area contributed by atoms with Gasteiger partial charge in [-0.15, -0.1) is 0 Å². The third kappa shape index (κ3) is 6.84. The summed E-state index contributed by atoms with van der Waals surface area (Å²) >= 11 is 0. The van der Waals surface area contributed by atoms with Gasteiger partial charge in [-0.1, -0.05) is 6.42 Å². The number of esters is 2. The Balaban J connectivity index is 2.35. The van der Waals surface area contributed by atoms with E-state index in [4.69, 9.17) is 9.47 Å². The second kappa shape index (κ2) is 8.13. The first-order chi connectivity index (χ1) is 10.6. The van der Waals surface area contributed by atoms with E-state index in [1.165, 1.54) is 0 Å². The van der Waals surface area contributed by atoms with Crippen molar-refractivity contribution in [2.45, 2.75) is 77.9 Å². The number of carbonyl (C=O) groups excluding carboxylic acids is 3. The highest BCUT2D eigenvalue weighted by Gasteiger charge is 2.32. The highest BCUT2D eigenvalue weighted by Crippen LogP contribution is 2.21. The van der Waals surface area contributed by atoms with Crippen LogP contribution >= 0.6 is 0 Å². The first-order valence-electron chi connectivity index (χ1n) is 7.98. The summed E-state index contributed by atoms with van der Waals surface area (Å²) in [7, 11) is 0. The molecule has 0 aromatic carbocycles. The van der Waals surface area contributed by atoms with Crippen molar-refractivity contribution in [1.29, 1.82) is 0 Å². The smallest absolute Gasteiger partial charge is 0.345 e. The molecule has 0 saturated carbocycles. The predicted octanol–water partition coefficient (Wildman–Crippen LogP) is 3.00. The van der Waals surface area contributed by atoms with E-state index in [2.05, 4.69) is 0 Å². The minimum Gasteiger partial charge on any atom is -0.511 e. The van der Waals surface area contributed by atoms with Gasteiger partial charge in [0.05, 0.1) is 0 Å². The summed E-state index contributed by atoms with van der Waals surface area (Å²) in [5, 5.41) is 9.93. The normalized spacial score (nSPS) is 21.0. The SMILES string of the molecule is C[C@@H]1CC(=O)/C(=C(\O)CCCCCC(=O)OC(C)(C)C)C(=O)O1. The number of allylic oxidation sites excluding steroid dienone is 1. The quantitative estimate of drug-likeness (QED) is 0.265. The summed E-state index contributed by atoms with van der Waals surface area (Å²) < 4.78 is 10.2. The van der Waals surface area contributed by atoms with Gasteiger partial charge >= 0.3 is 11.9 Å². The van der Waals surface area contributed by atoms with Crippen molar-refractivity contribution in [3.63, 3.8) is 0 Å². The molecule has 6 heteroatoms. The van der Waals surface area contributed by atoms with E-state index in [9.17, 15) is 19.5 Å². The zero-order chi connectivity index (χ0) is 17.6. The maximum atomic E-state index is 11.8. The van der Waals surface area contributed by atoms with Crippen LogP contribution in [0.25, 0.3) is 0 Å². The molecule has 1 heterocycles. The molecule has 0 aromatic rings. The molecule has 0 spiro atoms. The van der Waals surface area contributed by atoms with Crippen LogP contribution in [0.4, 0.5) is 0 Å². The number of hydrogen-bond acceptors (Lipinski definition) is 6. The lowest BCUT2D eigenvalue weighted by atomic mass is 9.99. The second-order valence-corrected chi connectivity index (χ2v) is 6.81. The summed E-state index contributed by atoms with van der Waals surface area (Å²) in [5.74, 6) is -1.59. The number of aliphatic hydroxyl groups excluding tert-OH is 1. The molecule has 0 amide bonds. The number of carbonyl (C=O) groups is 3. The maximum Gasteiger partial charge on any atom is 0.345 e. The average molecular weight is 326 g/mol. The van der Waals surface area contributed by atoms with Gasteiger partial charge in [0.2, 0.25) is 0 Å². The van der Waals surface area contributed by atoms with Crippen LogP contribution in [0, 0.1) is 0 Å². The lowest BCUT2D eigenvalue weighted by Gasteiger charge is -2.20. The Hall–Kier alpha value is -1.85. The van der Waals surface area contributed by atoms with Crippen LogP contribution in [0.2, 0.25) is 0 Å². The van der Waals surface area contributed by atoms with Crippen molar-refractivity contribution in [3.05, 3.63) is 11.3 Å². The van der Waals surface area contributed by atoms with Gasteiger partial charge in [-0.3, -0.25) is 9.59 Å². The van der Waals surface area contributed by atoms with E-state index in [1.54, 1.807) is 6.92 Å². The van der Waals surface area contributed by atoms with E-state index in [-0.39, 0.29) is 35.9 Å². The molecule has 23 heavy (non-hydrogen) atoms. The fraction of sp³-hybridized carbons (Fsp3) is 0.706. The third-order valence-corrected chi connectivity index (χ3v) is 3.27.